The van der Waals surface area contributed by atoms with E-state index in [9.17, 15) is 15.0 Å². The van der Waals surface area contributed by atoms with E-state index >= 15 is 4.39 Å². The molecule has 0 saturated heterocycles. The lowest BCUT2D eigenvalue weighted by Gasteiger charge is -2.25. The second-order valence-electron chi connectivity index (χ2n) is 10.3. The number of aliphatic hydroxyl groups excluding tert-OH is 2. The molecule has 0 aliphatic carbocycles. The molecule has 0 fully saturated rings. The Bertz CT molecular complexity index is 1800. The maximum absolute atomic E-state index is 15.1. The van der Waals surface area contributed by atoms with Crippen molar-refractivity contribution in [1.29, 1.82) is 0 Å². The average Bonchev–Trinajstić information content (AvgIpc) is 3.45. The van der Waals surface area contributed by atoms with Gasteiger partial charge in [-0.15, -0.1) is 0 Å². The van der Waals surface area contributed by atoms with Crippen LogP contribution >= 0.6 is 0 Å². The standard InChI is InChI=1S/C34H31FN2O6/c1-41-32-15-25-21(13-33(32)42-11-10-38)19-43-31-16-26(24-7-2-4-8-29(24)35)28(14-27(25)31)34(40)37-22(18-39)12-20-17-36-30-9-5-3-6-23(20)30/h2-9,13-17,22,36,38-39H,10-12,18-19H2,1H3,(H,37,40). The maximum atomic E-state index is 15.1. The zero-order chi connectivity index (χ0) is 29.9. The molecule has 9 heteroatoms. The fraction of sp³-hybridized carbons (Fsp3) is 0.206. The zero-order valence-electron chi connectivity index (χ0n) is 23.5. The highest BCUT2D eigenvalue weighted by molar-refractivity contribution is 6.03. The number of hydrogen-bond acceptors (Lipinski definition) is 6. The lowest BCUT2D eigenvalue weighted by molar-refractivity contribution is 0.0917. The molecule has 1 atom stereocenters. The van der Waals surface area contributed by atoms with Crippen molar-refractivity contribution >= 4 is 16.8 Å². The normalized spacial score (nSPS) is 12.7. The third kappa shape index (κ3) is 5.52. The molecule has 1 amide bonds. The quantitative estimate of drug-likeness (QED) is 0.179. The number of fused-ring (bicyclic) bond motifs is 4. The smallest absolute Gasteiger partial charge is 0.252 e. The van der Waals surface area contributed by atoms with Crippen LogP contribution in [0.1, 0.15) is 21.5 Å². The van der Waals surface area contributed by atoms with Crippen molar-refractivity contribution in [1.82, 2.24) is 10.3 Å². The number of benzene rings is 4. The number of aromatic amines is 1. The SMILES string of the molecule is COc1cc2c(cc1OCCO)COc1cc(-c3ccccc3F)c(C(=O)NC(CO)Cc3c[nH]c4ccccc34)cc1-2. The Kier molecular flexibility index (Phi) is 8.00. The van der Waals surface area contributed by atoms with Crippen LogP contribution < -0.4 is 19.5 Å². The predicted octanol–water partition coefficient (Wildman–Crippen LogP) is 5.25. The molecule has 0 bridgehead atoms. The van der Waals surface area contributed by atoms with Gasteiger partial charge in [0.1, 0.15) is 24.8 Å². The molecular formula is C34H31FN2O6. The van der Waals surface area contributed by atoms with Gasteiger partial charge in [-0.3, -0.25) is 4.79 Å². The van der Waals surface area contributed by atoms with Crippen LogP contribution in [-0.2, 0) is 13.0 Å². The summed E-state index contributed by atoms with van der Waals surface area (Å²) >= 11 is 0. The molecule has 0 radical (unpaired) electrons. The lowest BCUT2D eigenvalue weighted by atomic mass is 9.90. The van der Waals surface area contributed by atoms with E-state index in [0.29, 0.717) is 34.8 Å². The number of hydrogen-bond donors (Lipinski definition) is 4. The molecule has 0 saturated carbocycles. The van der Waals surface area contributed by atoms with Gasteiger partial charge in [-0.25, -0.2) is 4.39 Å². The second-order valence-corrected chi connectivity index (χ2v) is 10.3. The molecule has 1 aliphatic heterocycles. The van der Waals surface area contributed by atoms with E-state index in [2.05, 4.69) is 10.3 Å². The summed E-state index contributed by atoms with van der Waals surface area (Å²) in [6.07, 6.45) is 2.27. The average molecular weight is 583 g/mol. The van der Waals surface area contributed by atoms with Gasteiger partial charge in [-0.1, -0.05) is 36.4 Å². The minimum atomic E-state index is -0.592. The Morgan fingerprint density at radius 1 is 1.00 bits per heavy atom. The van der Waals surface area contributed by atoms with Crippen LogP contribution in [0.3, 0.4) is 0 Å². The Labute approximate surface area is 247 Å². The molecule has 1 aromatic heterocycles. The van der Waals surface area contributed by atoms with Crippen LogP contribution in [0.4, 0.5) is 4.39 Å². The van der Waals surface area contributed by atoms with Crippen molar-refractivity contribution in [3.63, 3.8) is 0 Å². The number of aliphatic hydroxyl groups is 2. The maximum Gasteiger partial charge on any atom is 0.252 e. The number of H-pyrrole nitrogens is 1. The van der Waals surface area contributed by atoms with Crippen LogP contribution in [-0.4, -0.2) is 54.1 Å². The number of aromatic nitrogens is 1. The van der Waals surface area contributed by atoms with Crippen LogP contribution in [0.15, 0.2) is 79.0 Å². The summed E-state index contributed by atoms with van der Waals surface area (Å²) in [4.78, 5) is 17.2. The van der Waals surface area contributed by atoms with E-state index < -0.39 is 17.8 Å². The number of halogens is 1. The minimum Gasteiger partial charge on any atom is -0.493 e. The number of ether oxygens (including phenoxy) is 3. The van der Waals surface area contributed by atoms with Crippen LogP contribution in [0.25, 0.3) is 33.2 Å². The van der Waals surface area contributed by atoms with Crippen molar-refractivity contribution in [3.05, 3.63) is 102 Å². The van der Waals surface area contributed by atoms with Crippen molar-refractivity contribution in [3.8, 4) is 39.5 Å². The molecule has 4 aromatic carbocycles. The molecule has 1 aliphatic rings. The largest absolute Gasteiger partial charge is 0.493 e. The summed E-state index contributed by atoms with van der Waals surface area (Å²) in [5, 5.41) is 23.4. The fourth-order valence-corrected chi connectivity index (χ4v) is 5.55. The van der Waals surface area contributed by atoms with E-state index in [4.69, 9.17) is 14.2 Å². The minimum absolute atomic E-state index is 0.105. The zero-order valence-corrected chi connectivity index (χ0v) is 23.5. The van der Waals surface area contributed by atoms with Crippen molar-refractivity contribution in [2.75, 3.05) is 26.9 Å². The highest BCUT2D eigenvalue weighted by Crippen LogP contribution is 2.45. The van der Waals surface area contributed by atoms with Crippen molar-refractivity contribution < 1.29 is 33.6 Å². The Morgan fingerprint density at radius 3 is 2.60 bits per heavy atom. The van der Waals surface area contributed by atoms with Gasteiger partial charge in [0.2, 0.25) is 0 Å². The Morgan fingerprint density at radius 2 is 1.81 bits per heavy atom. The number of amides is 1. The first kappa shape index (κ1) is 28.3. The summed E-state index contributed by atoms with van der Waals surface area (Å²) in [6, 6.07) is 20.5. The van der Waals surface area contributed by atoms with E-state index in [1.165, 1.54) is 13.2 Å². The van der Waals surface area contributed by atoms with Gasteiger partial charge in [0.15, 0.2) is 11.5 Å². The van der Waals surface area contributed by atoms with Crippen LogP contribution in [0, 0.1) is 5.82 Å². The first-order valence-electron chi connectivity index (χ1n) is 14.0. The topological polar surface area (TPSA) is 113 Å². The van der Waals surface area contributed by atoms with E-state index in [1.54, 1.807) is 42.5 Å². The summed E-state index contributed by atoms with van der Waals surface area (Å²) in [5.41, 5.74) is 5.01. The fourth-order valence-electron chi connectivity index (χ4n) is 5.55. The van der Waals surface area contributed by atoms with Gasteiger partial charge in [0, 0.05) is 44.9 Å². The molecule has 220 valence electrons. The Balaban J connectivity index is 1.41. The summed E-state index contributed by atoms with van der Waals surface area (Å²) in [7, 11) is 1.52. The predicted molar refractivity (Wildman–Crippen MR) is 161 cm³/mol. The molecule has 8 nitrogen and oxygen atoms in total. The Hall–Kier alpha value is -4.86. The van der Waals surface area contributed by atoms with Gasteiger partial charge < -0.3 is 34.7 Å². The van der Waals surface area contributed by atoms with Crippen molar-refractivity contribution in [2.45, 2.75) is 19.1 Å². The molecule has 2 heterocycles. The van der Waals surface area contributed by atoms with Crippen LogP contribution in [0.5, 0.6) is 17.2 Å². The number of rotatable bonds is 10. The highest BCUT2D eigenvalue weighted by Gasteiger charge is 2.27. The number of nitrogens with one attached hydrogen (secondary N) is 2. The third-order valence-corrected chi connectivity index (χ3v) is 7.64. The van der Waals surface area contributed by atoms with Crippen LogP contribution in [0.2, 0.25) is 0 Å². The first-order chi connectivity index (χ1) is 21.0. The van der Waals surface area contributed by atoms with E-state index in [1.807, 2.05) is 30.5 Å². The number of carbonyl (C=O) groups is 1. The first-order valence-corrected chi connectivity index (χ1v) is 14.0. The summed E-state index contributed by atoms with van der Waals surface area (Å²) < 4.78 is 32.4. The van der Waals surface area contributed by atoms with Gasteiger partial charge in [0.05, 0.1) is 26.4 Å². The van der Waals surface area contributed by atoms with Gasteiger partial charge >= 0.3 is 0 Å². The molecular weight excluding hydrogens is 551 g/mol. The highest BCUT2D eigenvalue weighted by atomic mass is 19.1. The monoisotopic (exact) mass is 582 g/mol. The summed E-state index contributed by atoms with van der Waals surface area (Å²) in [6.45, 7) is -0.105. The summed E-state index contributed by atoms with van der Waals surface area (Å²) in [5.74, 6) is 0.486. The lowest BCUT2D eigenvalue weighted by Crippen LogP contribution is -2.39. The molecule has 0 spiro atoms. The molecule has 5 aromatic rings. The second kappa shape index (κ2) is 12.2. The van der Waals surface area contributed by atoms with E-state index in [0.717, 1.165) is 27.6 Å². The number of para-hydroxylation sites is 1. The number of methoxy groups -OCH3 is 1. The molecule has 43 heavy (non-hydrogen) atoms. The van der Waals surface area contributed by atoms with Gasteiger partial charge in [-0.05, 0) is 53.9 Å². The molecule has 1 unspecified atom stereocenters. The number of carbonyl (C=O) groups excluding carboxylic acids is 1. The molecule has 6 rings (SSSR count). The van der Waals surface area contributed by atoms with E-state index in [-0.39, 0.29) is 37.6 Å². The van der Waals surface area contributed by atoms with Gasteiger partial charge in [0.25, 0.3) is 5.91 Å². The third-order valence-electron chi connectivity index (χ3n) is 7.64. The molecule has 4 N–H and O–H groups in total. The van der Waals surface area contributed by atoms with Gasteiger partial charge in [-0.2, -0.15) is 0 Å². The van der Waals surface area contributed by atoms with Crippen molar-refractivity contribution in [2.24, 2.45) is 0 Å².